The number of benzene rings is 2. The summed E-state index contributed by atoms with van der Waals surface area (Å²) in [6.45, 7) is 5.57. The van der Waals surface area contributed by atoms with Crippen molar-refractivity contribution < 1.29 is 9.53 Å². The second-order valence-corrected chi connectivity index (χ2v) is 7.63. The number of hydrogen-bond acceptors (Lipinski definition) is 5. The summed E-state index contributed by atoms with van der Waals surface area (Å²) in [5, 5.41) is 3.52. The van der Waals surface area contributed by atoms with Crippen molar-refractivity contribution >= 4 is 45.5 Å². The van der Waals surface area contributed by atoms with Crippen LogP contribution in [0.2, 0.25) is 5.02 Å². The Morgan fingerprint density at radius 1 is 1.19 bits per heavy atom. The lowest BCUT2D eigenvalue weighted by Gasteiger charge is -2.10. The zero-order valence-electron chi connectivity index (χ0n) is 17.5. The van der Waals surface area contributed by atoms with E-state index >= 15 is 0 Å². The lowest BCUT2D eigenvalue weighted by atomic mass is 10.2. The fraction of sp³-hybridized carbons (Fsp3) is 0.261. The topological polar surface area (TPSA) is 95.1 Å². The average Bonchev–Trinajstić information content (AvgIpc) is 3.04. The van der Waals surface area contributed by atoms with Crippen molar-refractivity contribution in [1.82, 2.24) is 19.9 Å². The quantitative estimate of drug-likeness (QED) is 0.421. The minimum atomic E-state index is -0.291. The SMILES string of the molecule is CCOCCCNC(=O)c1c(N)n(-c2ccc(C)c(Cl)c2)c2nc3ccccc3nc12. The summed E-state index contributed by atoms with van der Waals surface area (Å²) in [4.78, 5) is 22.6. The lowest BCUT2D eigenvalue weighted by molar-refractivity contribution is 0.0946. The maximum absolute atomic E-state index is 13.1. The number of nitrogens with two attached hydrogens (primary N) is 1. The van der Waals surface area contributed by atoms with Crippen molar-refractivity contribution in [2.45, 2.75) is 20.3 Å². The van der Waals surface area contributed by atoms with E-state index in [9.17, 15) is 4.79 Å². The normalized spacial score (nSPS) is 11.3. The van der Waals surface area contributed by atoms with Gasteiger partial charge in [0.15, 0.2) is 5.65 Å². The number of amides is 1. The number of carbonyl (C=O) groups excluding carboxylic acids is 1. The molecule has 8 heteroatoms. The van der Waals surface area contributed by atoms with Crippen LogP contribution in [0.25, 0.3) is 27.9 Å². The number of anilines is 1. The molecule has 3 N–H and O–H groups in total. The van der Waals surface area contributed by atoms with E-state index in [0.29, 0.717) is 53.4 Å². The predicted molar refractivity (Wildman–Crippen MR) is 124 cm³/mol. The molecule has 0 aliphatic heterocycles. The highest BCUT2D eigenvalue weighted by Crippen LogP contribution is 2.32. The van der Waals surface area contributed by atoms with E-state index in [-0.39, 0.29) is 11.7 Å². The van der Waals surface area contributed by atoms with E-state index in [1.54, 1.807) is 4.57 Å². The molecule has 4 rings (SSSR count). The van der Waals surface area contributed by atoms with Crippen LogP contribution in [-0.2, 0) is 4.74 Å². The number of aromatic nitrogens is 3. The van der Waals surface area contributed by atoms with Crippen LogP contribution >= 0.6 is 11.6 Å². The first kappa shape index (κ1) is 21.1. The second kappa shape index (κ2) is 8.91. The molecule has 0 fully saturated rings. The zero-order chi connectivity index (χ0) is 22.0. The van der Waals surface area contributed by atoms with E-state index in [2.05, 4.69) is 5.32 Å². The number of para-hydroxylation sites is 2. The number of halogens is 1. The summed E-state index contributed by atoms with van der Waals surface area (Å²) in [7, 11) is 0. The van der Waals surface area contributed by atoms with Gasteiger partial charge in [-0.05, 0) is 50.1 Å². The van der Waals surface area contributed by atoms with Crippen molar-refractivity contribution in [2.75, 3.05) is 25.5 Å². The molecule has 0 aliphatic rings. The molecule has 0 saturated carbocycles. The van der Waals surface area contributed by atoms with Crippen LogP contribution in [0.4, 0.5) is 5.82 Å². The Balaban J connectivity index is 1.85. The van der Waals surface area contributed by atoms with Crippen LogP contribution in [0, 0.1) is 6.92 Å². The van der Waals surface area contributed by atoms with Crippen molar-refractivity contribution in [2.24, 2.45) is 0 Å². The number of ether oxygens (including phenoxy) is 1. The van der Waals surface area contributed by atoms with Gasteiger partial charge in [-0.3, -0.25) is 9.36 Å². The van der Waals surface area contributed by atoms with Crippen molar-refractivity contribution in [3.63, 3.8) is 0 Å². The molecule has 160 valence electrons. The average molecular weight is 438 g/mol. The lowest BCUT2D eigenvalue weighted by Crippen LogP contribution is -2.26. The maximum Gasteiger partial charge on any atom is 0.257 e. The molecule has 0 aliphatic carbocycles. The Labute approximate surface area is 185 Å². The molecule has 0 radical (unpaired) electrons. The summed E-state index contributed by atoms with van der Waals surface area (Å²) in [5.41, 5.74) is 10.9. The molecular formula is C23H24ClN5O2. The molecular weight excluding hydrogens is 414 g/mol. The Kier molecular flexibility index (Phi) is 6.06. The summed E-state index contributed by atoms with van der Waals surface area (Å²) < 4.78 is 7.06. The molecule has 7 nitrogen and oxygen atoms in total. The van der Waals surface area contributed by atoms with Gasteiger partial charge in [-0.25, -0.2) is 9.97 Å². The number of rotatable bonds is 7. The smallest absolute Gasteiger partial charge is 0.257 e. The van der Waals surface area contributed by atoms with Crippen molar-refractivity contribution in [1.29, 1.82) is 0 Å². The minimum Gasteiger partial charge on any atom is -0.384 e. The highest BCUT2D eigenvalue weighted by atomic mass is 35.5. The van der Waals surface area contributed by atoms with Gasteiger partial charge >= 0.3 is 0 Å². The Bertz CT molecular complexity index is 1270. The summed E-state index contributed by atoms with van der Waals surface area (Å²) in [5.74, 6) is -0.0203. The summed E-state index contributed by atoms with van der Waals surface area (Å²) in [6.07, 6.45) is 0.709. The van der Waals surface area contributed by atoms with Gasteiger partial charge < -0.3 is 15.8 Å². The summed E-state index contributed by atoms with van der Waals surface area (Å²) in [6, 6.07) is 13.1. The van der Waals surface area contributed by atoms with Crippen LogP contribution < -0.4 is 11.1 Å². The van der Waals surface area contributed by atoms with Gasteiger partial charge in [0.05, 0.1) is 16.7 Å². The Morgan fingerprint density at radius 3 is 2.65 bits per heavy atom. The fourth-order valence-corrected chi connectivity index (χ4v) is 3.65. The number of nitrogens with zero attached hydrogens (tertiary/aromatic N) is 3. The number of nitrogens with one attached hydrogen (secondary N) is 1. The molecule has 0 unspecified atom stereocenters. The van der Waals surface area contributed by atoms with E-state index in [0.717, 1.165) is 16.8 Å². The number of carbonyl (C=O) groups is 1. The van der Waals surface area contributed by atoms with Crippen molar-refractivity contribution in [3.8, 4) is 5.69 Å². The molecule has 2 aromatic heterocycles. The third-order valence-electron chi connectivity index (χ3n) is 5.09. The largest absolute Gasteiger partial charge is 0.384 e. The first-order valence-corrected chi connectivity index (χ1v) is 10.6. The van der Waals surface area contributed by atoms with Crippen LogP contribution in [0.15, 0.2) is 42.5 Å². The van der Waals surface area contributed by atoms with Crippen LogP contribution in [-0.4, -0.2) is 40.2 Å². The molecule has 0 bridgehead atoms. The third kappa shape index (κ3) is 4.06. The van der Waals surface area contributed by atoms with Gasteiger partial charge in [-0.2, -0.15) is 0 Å². The number of hydrogen-bond donors (Lipinski definition) is 2. The van der Waals surface area contributed by atoms with E-state index in [4.69, 9.17) is 32.0 Å². The molecule has 1 amide bonds. The zero-order valence-corrected chi connectivity index (χ0v) is 18.2. The van der Waals surface area contributed by atoms with Gasteiger partial charge in [0, 0.05) is 24.8 Å². The highest BCUT2D eigenvalue weighted by molar-refractivity contribution is 6.31. The molecule has 0 atom stereocenters. The predicted octanol–water partition coefficient (Wildman–Crippen LogP) is 4.27. The Morgan fingerprint density at radius 2 is 1.94 bits per heavy atom. The maximum atomic E-state index is 13.1. The van der Waals surface area contributed by atoms with E-state index < -0.39 is 0 Å². The molecule has 2 aromatic carbocycles. The monoisotopic (exact) mass is 437 g/mol. The molecule has 0 spiro atoms. The van der Waals surface area contributed by atoms with Gasteiger partial charge in [-0.15, -0.1) is 0 Å². The highest BCUT2D eigenvalue weighted by Gasteiger charge is 2.24. The van der Waals surface area contributed by atoms with Gasteiger partial charge in [0.1, 0.15) is 16.9 Å². The summed E-state index contributed by atoms with van der Waals surface area (Å²) >= 11 is 6.36. The number of nitrogen functional groups attached to an aromatic ring is 1. The van der Waals surface area contributed by atoms with E-state index in [1.165, 1.54) is 0 Å². The van der Waals surface area contributed by atoms with E-state index in [1.807, 2.05) is 56.3 Å². The van der Waals surface area contributed by atoms with Crippen LogP contribution in [0.3, 0.4) is 0 Å². The number of aryl methyl sites for hydroxylation is 1. The molecule has 0 saturated heterocycles. The van der Waals surface area contributed by atoms with Crippen molar-refractivity contribution in [3.05, 3.63) is 58.6 Å². The molecule has 4 aromatic rings. The third-order valence-corrected chi connectivity index (χ3v) is 5.50. The van der Waals surface area contributed by atoms with Gasteiger partial charge in [0.25, 0.3) is 5.91 Å². The first-order chi connectivity index (χ1) is 15.0. The first-order valence-electron chi connectivity index (χ1n) is 10.2. The second-order valence-electron chi connectivity index (χ2n) is 7.22. The number of fused-ring (bicyclic) bond motifs is 2. The Hall–Kier alpha value is -3.16. The fourth-order valence-electron chi connectivity index (χ4n) is 3.48. The molecule has 2 heterocycles. The minimum absolute atomic E-state index is 0.271. The standard InChI is InChI=1S/C23H24ClN5O2/c1-3-31-12-6-11-26-23(30)19-20-22(28-18-8-5-4-7-17(18)27-20)29(21(19)25)15-10-9-14(2)16(24)13-15/h4-5,7-10,13H,3,6,11-12,25H2,1-2H3,(H,26,30). The van der Waals surface area contributed by atoms with Crippen LogP contribution in [0.5, 0.6) is 0 Å². The molecule has 31 heavy (non-hydrogen) atoms. The van der Waals surface area contributed by atoms with Gasteiger partial charge in [-0.1, -0.05) is 29.8 Å². The van der Waals surface area contributed by atoms with Crippen LogP contribution in [0.1, 0.15) is 29.3 Å². The van der Waals surface area contributed by atoms with Gasteiger partial charge in [0.2, 0.25) is 0 Å².